The summed E-state index contributed by atoms with van der Waals surface area (Å²) in [6.45, 7) is 3.80. The number of nitrogens with zero attached hydrogens (tertiary/aromatic N) is 4. The fourth-order valence-electron chi connectivity index (χ4n) is 5.07. The number of fused-ring (bicyclic) bond motifs is 2. The number of aromatic amines is 2. The van der Waals surface area contributed by atoms with Crippen molar-refractivity contribution in [3.8, 4) is 33.9 Å². The number of carbonyl (C=O) groups excluding carboxylic acids is 1. The number of pyridine rings is 2. The molecule has 11 nitrogen and oxygen atoms in total. The van der Waals surface area contributed by atoms with Gasteiger partial charge in [0.1, 0.15) is 17.2 Å². The van der Waals surface area contributed by atoms with Gasteiger partial charge in [0.2, 0.25) is 15.9 Å². The van der Waals surface area contributed by atoms with Gasteiger partial charge in [-0.05, 0) is 47.4 Å². The normalized spacial score (nSPS) is 12.0. The molecular formula is C31H28F2N8O3S. The van der Waals surface area contributed by atoms with E-state index in [1.807, 2.05) is 13.8 Å². The van der Waals surface area contributed by atoms with Crippen molar-refractivity contribution in [1.29, 1.82) is 0 Å². The van der Waals surface area contributed by atoms with E-state index in [4.69, 9.17) is 4.98 Å². The third kappa shape index (κ3) is 6.42. The zero-order chi connectivity index (χ0) is 31.9. The third-order valence-corrected chi connectivity index (χ3v) is 7.65. The van der Waals surface area contributed by atoms with Crippen LogP contribution in [0, 0.1) is 17.6 Å². The molecule has 0 saturated carbocycles. The third-order valence-electron chi connectivity index (χ3n) is 6.98. The Balaban J connectivity index is 1.39. The fraction of sp³-hybridized carbons (Fsp3) is 0.194. The first-order valence-electron chi connectivity index (χ1n) is 14.0. The lowest BCUT2D eigenvalue weighted by molar-refractivity contribution is -0.116. The highest BCUT2D eigenvalue weighted by Gasteiger charge is 2.22. The molecule has 6 aromatic rings. The zero-order valence-corrected chi connectivity index (χ0v) is 25.3. The van der Waals surface area contributed by atoms with Crippen LogP contribution in [-0.2, 0) is 21.4 Å². The highest BCUT2D eigenvalue weighted by molar-refractivity contribution is 7.88. The van der Waals surface area contributed by atoms with Gasteiger partial charge in [-0.2, -0.15) is 5.10 Å². The van der Waals surface area contributed by atoms with Gasteiger partial charge in [0, 0.05) is 30.3 Å². The quantitative estimate of drug-likeness (QED) is 0.163. The number of hydrogen-bond acceptors (Lipinski definition) is 7. The van der Waals surface area contributed by atoms with E-state index in [1.54, 1.807) is 30.3 Å². The largest absolute Gasteiger partial charge is 0.337 e. The molecule has 14 heteroatoms. The van der Waals surface area contributed by atoms with Crippen LogP contribution in [0.3, 0.4) is 0 Å². The van der Waals surface area contributed by atoms with Crippen LogP contribution in [0.5, 0.6) is 0 Å². The van der Waals surface area contributed by atoms with Crippen molar-refractivity contribution in [2.75, 3.05) is 11.6 Å². The Kier molecular flexibility index (Phi) is 7.85. The number of sulfonamides is 1. The van der Waals surface area contributed by atoms with Crippen molar-refractivity contribution >= 4 is 43.6 Å². The summed E-state index contributed by atoms with van der Waals surface area (Å²) >= 11 is 0. The average molecular weight is 631 g/mol. The minimum Gasteiger partial charge on any atom is -0.337 e. The van der Waals surface area contributed by atoms with Crippen LogP contribution in [0.1, 0.15) is 25.8 Å². The molecule has 4 N–H and O–H groups in total. The number of benzene rings is 2. The molecule has 0 aliphatic rings. The number of rotatable bonds is 9. The number of amides is 1. The number of imidazole rings is 1. The Morgan fingerprint density at radius 1 is 1.00 bits per heavy atom. The van der Waals surface area contributed by atoms with Gasteiger partial charge in [0.05, 0.1) is 46.3 Å². The van der Waals surface area contributed by atoms with Crippen molar-refractivity contribution in [2.24, 2.45) is 5.92 Å². The maximum Gasteiger partial charge on any atom is 0.224 e. The number of H-pyrrole nitrogens is 2. The number of halogens is 2. The number of carbonyl (C=O) groups is 1. The predicted molar refractivity (Wildman–Crippen MR) is 167 cm³/mol. The van der Waals surface area contributed by atoms with Gasteiger partial charge in [0.25, 0.3) is 0 Å². The second-order valence-corrected chi connectivity index (χ2v) is 13.0. The molecule has 1 amide bonds. The van der Waals surface area contributed by atoms with Crippen LogP contribution in [0.4, 0.5) is 14.5 Å². The molecule has 0 aliphatic carbocycles. The maximum absolute atomic E-state index is 16.2. The first-order valence-corrected chi connectivity index (χ1v) is 15.9. The van der Waals surface area contributed by atoms with Crippen molar-refractivity contribution in [2.45, 2.75) is 26.8 Å². The SMILES string of the molecule is CC(C)CC(=O)Nc1cncc(-c2ncc3[nH]nc(-c4nc5c(-c6cc(F)cc(CNS(C)(=O)=O)c6)cccc5[nH]4)c3c2F)c1. The number of para-hydroxylation sites is 1. The first kappa shape index (κ1) is 30.0. The molecule has 0 fully saturated rings. The van der Waals surface area contributed by atoms with Gasteiger partial charge in [0.15, 0.2) is 11.6 Å². The molecule has 0 saturated heterocycles. The standard InChI is InChI=1S/C31H28F2N8O3S/c1-16(2)7-25(42)37-21-11-19(13-34-14-21)28-27(33)26-24(15-35-28)40-41-30(26)31-38-23-6-4-5-22(29(23)39-31)18-8-17(9-20(32)10-18)12-36-45(3,43)44/h4-6,8-11,13-16,36H,7,12H2,1-3H3,(H,37,42)(H,38,39)(H,40,41). The lowest BCUT2D eigenvalue weighted by Crippen LogP contribution is -2.21. The predicted octanol–water partition coefficient (Wildman–Crippen LogP) is 5.54. The molecule has 0 aliphatic heterocycles. The summed E-state index contributed by atoms with van der Waals surface area (Å²) in [4.78, 5) is 28.6. The van der Waals surface area contributed by atoms with Gasteiger partial charge in [-0.1, -0.05) is 26.0 Å². The van der Waals surface area contributed by atoms with E-state index in [-0.39, 0.29) is 41.0 Å². The molecule has 0 unspecified atom stereocenters. The van der Waals surface area contributed by atoms with Crippen LogP contribution in [-0.4, -0.2) is 50.7 Å². The van der Waals surface area contributed by atoms with E-state index >= 15 is 4.39 Å². The van der Waals surface area contributed by atoms with E-state index in [2.05, 4.69) is 35.2 Å². The molecule has 4 aromatic heterocycles. The molecule has 4 heterocycles. The van der Waals surface area contributed by atoms with Crippen molar-refractivity contribution in [3.05, 3.63) is 78.3 Å². The molecule has 2 aromatic carbocycles. The summed E-state index contributed by atoms with van der Waals surface area (Å²) < 4.78 is 56.3. The Morgan fingerprint density at radius 2 is 1.82 bits per heavy atom. The van der Waals surface area contributed by atoms with Gasteiger partial charge >= 0.3 is 0 Å². The van der Waals surface area contributed by atoms with Crippen molar-refractivity contribution < 1.29 is 22.0 Å². The van der Waals surface area contributed by atoms with E-state index in [0.717, 1.165) is 6.26 Å². The summed E-state index contributed by atoms with van der Waals surface area (Å²) in [5.41, 5.74) is 3.94. The molecule has 0 atom stereocenters. The topological polar surface area (TPSA) is 158 Å². The first-order chi connectivity index (χ1) is 21.4. The van der Waals surface area contributed by atoms with Crippen LogP contribution < -0.4 is 10.0 Å². The van der Waals surface area contributed by atoms with Crippen LogP contribution in [0.15, 0.2) is 61.1 Å². The average Bonchev–Trinajstić information content (AvgIpc) is 3.60. The van der Waals surface area contributed by atoms with Gasteiger partial charge in [-0.15, -0.1) is 0 Å². The van der Waals surface area contributed by atoms with Crippen LogP contribution in [0.2, 0.25) is 0 Å². The molecule has 0 spiro atoms. The number of aromatic nitrogens is 6. The maximum atomic E-state index is 16.2. The Hall–Kier alpha value is -5.08. The summed E-state index contributed by atoms with van der Waals surface area (Å²) in [6.07, 6.45) is 5.77. The molecule has 6 rings (SSSR count). The van der Waals surface area contributed by atoms with Gasteiger partial charge < -0.3 is 10.3 Å². The second-order valence-electron chi connectivity index (χ2n) is 11.1. The van der Waals surface area contributed by atoms with E-state index in [1.165, 1.54) is 30.7 Å². The molecule has 45 heavy (non-hydrogen) atoms. The van der Waals surface area contributed by atoms with Crippen LogP contribution >= 0.6 is 0 Å². The zero-order valence-electron chi connectivity index (χ0n) is 24.4. The van der Waals surface area contributed by atoms with Gasteiger partial charge in [-0.25, -0.2) is 26.9 Å². The summed E-state index contributed by atoms with van der Waals surface area (Å²) in [5, 5.41) is 10.1. The Labute approximate surface area is 256 Å². The summed E-state index contributed by atoms with van der Waals surface area (Å²) in [6, 6.07) is 11.2. The molecule has 0 radical (unpaired) electrons. The molecule has 230 valence electrons. The van der Waals surface area contributed by atoms with Crippen LogP contribution in [0.25, 0.3) is 55.8 Å². The monoisotopic (exact) mass is 630 g/mol. The summed E-state index contributed by atoms with van der Waals surface area (Å²) in [5.74, 6) is -0.925. The smallest absolute Gasteiger partial charge is 0.224 e. The minimum absolute atomic E-state index is 0.0180. The number of hydrogen-bond donors (Lipinski definition) is 4. The minimum atomic E-state index is -3.48. The lowest BCUT2D eigenvalue weighted by Gasteiger charge is -2.09. The lowest BCUT2D eigenvalue weighted by atomic mass is 10.0. The van der Waals surface area contributed by atoms with E-state index in [9.17, 15) is 17.6 Å². The highest BCUT2D eigenvalue weighted by Crippen LogP contribution is 2.35. The van der Waals surface area contributed by atoms with E-state index in [0.29, 0.717) is 50.9 Å². The molecular weight excluding hydrogens is 602 g/mol. The Bertz CT molecular complexity index is 2190. The van der Waals surface area contributed by atoms with Crippen molar-refractivity contribution in [3.63, 3.8) is 0 Å². The Morgan fingerprint density at radius 3 is 2.60 bits per heavy atom. The number of anilines is 1. The summed E-state index contributed by atoms with van der Waals surface area (Å²) in [7, 11) is -3.48. The fourth-order valence-corrected chi connectivity index (χ4v) is 5.50. The highest BCUT2D eigenvalue weighted by atomic mass is 32.2. The van der Waals surface area contributed by atoms with Crippen molar-refractivity contribution in [1.82, 2.24) is 34.9 Å². The number of nitrogens with one attached hydrogen (secondary N) is 4. The molecule has 0 bridgehead atoms. The van der Waals surface area contributed by atoms with E-state index < -0.39 is 21.7 Å². The van der Waals surface area contributed by atoms with Gasteiger partial charge in [-0.3, -0.25) is 19.9 Å². The second kappa shape index (κ2) is 11.8.